The summed E-state index contributed by atoms with van der Waals surface area (Å²) in [5, 5.41) is 8.77. The van der Waals surface area contributed by atoms with Gasteiger partial charge in [-0.2, -0.15) is 0 Å². The van der Waals surface area contributed by atoms with Crippen molar-refractivity contribution in [2.24, 2.45) is 0 Å². The van der Waals surface area contributed by atoms with E-state index in [2.05, 4.69) is 59.0 Å². The van der Waals surface area contributed by atoms with Crippen molar-refractivity contribution in [2.75, 3.05) is 0 Å². The van der Waals surface area contributed by atoms with Crippen LogP contribution in [0, 0.1) is 0 Å². The van der Waals surface area contributed by atoms with Crippen LogP contribution in [0.4, 0.5) is 0 Å². The minimum atomic E-state index is -2.01. The second kappa shape index (κ2) is 14.7. The Bertz CT molecular complexity index is 529. The van der Waals surface area contributed by atoms with Crippen molar-refractivity contribution in [1.29, 1.82) is 0 Å². The topological polar surface area (TPSA) is 63.6 Å². The summed E-state index contributed by atoms with van der Waals surface area (Å²) in [5.41, 5.74) is 0. The lowest BCUT2D eigenvalue weighted by Crippen LogP contribution is -2.46. The molecule has 1 unspecified atom stereocenters. The van der Waals surface area contributed by atoms with Gasteiger partial charge in [0.1, 0.15) is 6.10 Å². The molecular weight excluding hydrogens is 380 g/mol. The van der Waals surface area contributed by atoms with Crippen molar-refractivity contribution in [2.45, 2.75) is 116 Å². The van der Waals surface area contributed by atoms with Crippen molar-refractivity contribution in [3.8, 4) is 0 Å². The van der Waals surface area contributed by atoms with Gasteiger partial charge in [0.2, 0.25) is 0 Å². The molecule has 1 atom stereocenters. The second-order valence-corrected chi connectivity index (χ2v) is 14.1. The molecule has 0 amide bonds. The Balaban J connectivity index is 4.66. The van der Waals surface area contributed by atoms with E-state index in [0.29, 0.717) is 6.42 Å². The summed E-state index contributed by atoms with van der Waals surface area (Å²) in [6.45, 7) is 13.1. The molecule has 4 nitrogen and oxygen atoms in total. The maximum absolute atomic E-state index is 12.8. The fraction of sp³-hybridized carbons (Fsp3) is 0.750. The Morgan fingerprint density at radius 1 is 0.966 bits per heavy atom. The third-order valence-electron chi connectivity index (χ3n) is 5.62. The Kier molecular flexibility index (Phi) is 14.1. The van der Waals surface area contributed by atoms with Crippen LogP contribution >= 0.6 is 0 Å². The van der Waals surface area contributed by atoms with E-state index >= 15 is 0 Å². The molecule has 0 fully saturated rings. The number of rotatable bonds is 16. The molecule has 0 aliphatic heterocycles. The van der Waals surface area contributed by atoms with Crippen LogP contribution in [0.3, 0.4) is 0 Å². The number of hydrogen-bond acceptors (Lipinski definition) is 3. The van der Waals surface area contributed by atoms with Crippen LogP contribution in [0.5, 0.6) is 0 Å². The molecule has 0 saturated heterocycles. The van der Waals surface area contributed by atoms with Crippen LogP contribution in [0.1, 0.15) is 91.9 Å². The molecule has 0 saturated carbocycles. The monoisotopic (exact) mass is 424 g/mol. The number of carboxylic acids is 1. The van der Waals surface area contributed by atoms with Crippen LogP contribution in [-0.2, 0) is 14.0 Å². The number of carbonyl (C=O) groups is 2. The van der Waals surface area contributed by atoms with Gasteiger partial charge in [-0.05, 0) is 43.8 Å². The Hall–Kier alpha value is -1.20. The minimum Gasteiger partial charge on any atom is -0.481 e. The molecule has 0 aliphatic rings. The number of ketones is 1. The summed E-state index contributed by atoms with van der Waals surface area (Å²) >= 11 is 0. The van der Waals surface area contributed by atoms with Crippen molar-refractivity contribution in [1.82, 2.24) is 0 Å². The van der Waals surface area contributed by atoms with E-state index < -0.39 is 14.3 Å². The largest absolute Gasteiger partial charge is 0.481 e. The highest BCUT2D eigenvalue weighted by molar-refractivity contribution is 6.74. The third kappa shape index (κ3) is 13.6. The van der Waals surface area contributed by atoms with E-state index in [-0.39, 0.29) is 23.3 Å². The van der Waals surface area contributed by atoms with Crippen LogP contribution < -0.4 is 0 Å². The van der Waals surface area contributed by atoms with Gasteiger partial charge in [-0.25, -0.2) is 0 Å². The summed E-state index contributed by atoms with van der Waals surface area (Å²) in [4.78, 5) is 23.4. The number of carbonyl (C=O) groups excluding carboxylic acids is 1. The normalized spacial score (nSPS) is 14.0. The molecule has 0 aliphatic carbocycles. The number of unbranched alkanes of at least 4 members (excludes halogenated alkanes) is 4. The molecule has 168 valence electrons. The van der Waals surface area contributed by atoms with Crippen molar-refractivity contribution in [3.05, 3.63) is 24.3 Å². The Morgan fingerprint density at radius 3 is 2.14 bits per heavy atom. The van der Waals surface area contributed by atoms with Crippen LogP contribution in [0.2, 0.25) is 18.1 Å². The Labute approximate surface area is 179 Å². The lowest BCUT2D eigenvalue weighted by molar-refractivity contribution is -0.137. The highest BCUT2D eigenvalue weighted by Gasteiger charge is 2.40. The predicted octanol–water partition coefficient (Wildman–Crippen LogP) is 7.06. The Morgan fingerprint density at radius 2 is 1.55 bits per heavy atom. The molecule has 0 aromatic rings. The van der Waals surface area contributed by atoms with Crippen LogP contribution in [0.15, 0.2) is 24.3 Å². The quantitative estimate of drug-likeness (QED) is 0.163. The van der Waals surface area contributed by atoms with Gasteiger partial charge >= 0.3 is 5.97 Å². The van der Waals surface area contributed by atoms with Gasteiger partial charge < -0.3 is 9.53 Å². The zero-order valence-electron chi connectivity index (χ0n) is 19.6. The molecule has 0 spiro atoms. The number of allylic oxidation sites excluding steroid dienone is 4. The minimum absolute atomic E-state index is 0.0726. The van der Waals surface area contributed by atoms with Crippen molar-refractivity contribution >= 4 is 20.1 Å². The van der Waals surface area contributed by atoms with Gasteiger partial charge in [0.25, 0.3) is 0 Å². The predicted molar refractivity (Wildman–Crippen MR) is 125 cm³/mol. The highest BCUT2D eigenvalue weighted by atomic mass is 28.4. The lowest BCUT2D eigenvalue weighted by Gasteiger charge is -2.39. The average molecular weight is 425 g/mol. The molecule has 0 rings (SSSR count). The molecule has 5 heteroatoms. The zero-order chi connectivity index (χ0) is 22.3. The number of aliphatic carboxylic acids is 1. The van der Waals surface area contributed by atoms with Crippen molar-refractivity contribution < 1.29 is 19.1 Å². The molecule has 29 heavy (non-hydrogen) atoms. The first-order valence-electron chi connectivity index (χ1n) is 11.2. The summed E-state index contributed by atoms with van der Waals surface area (Å²) in [7, 11) is -2.01. The van der Waals surface area contributed by atoms with Gasteiger partial charge in [0.15, 0.2) is 14.1 Å². The molecule has 0 radical (unpaired) electrons. The van der Waals surface area contributed by atoms with Gasteiger partial charge in [0, 0.05) is 12.8 Å². The molecule has 0 heterocycles. The zero-order valence-corrected chi connectivity index (χ0v) is 20.6. The first-order chi connectivity index (χ1) is 13.5. The maximum atomic E-state index is 12.8. The van der Waals surface area contributed by atoms with Crippen LogP contribution in [0.25, 0.3) is 0 Å². The summed E-state index contributed by atoms with van der Waals surface area (Å²) < 4.78 is 6.48. The van der Waals surface area contributed by atoms with E-state index in [1.807, 2.05) is 6.08 Å². The van der Waals surface area contributed by atoms with Gasteiger partial charge in [0.05, 0.1) is 0 Å². The number of hydrogen-bond donors (Lipinski definition) is 1. The molecule has 0 aromatic heterocycles. The van der Waals surface area contributed by atoms with E-state index in [9.17, 15) is 9.59 Å². The summed E-state index contributed by atoms with van der Waals surface area (Å²) in [5.74, 6) is -0.548. The third-order valence-corrected chi connectivity index (χ3v) is 10.1. The van der Waals surface area contributed by atoms with E-state index in [1.165, 1.54) is 0 Å². The fourth-order valence-electron chi connectivity index (χ4n) is 2.72. The molecule has 0 bridgehead atoms. The maximum Gasteiger partial charge on any atom is 0.303 e. The summed E-state index contributed by atoms with van der Waals surface area (Å²) in [6, 6.07) is 0. The van der Waals surface area contributed by atoms with E-state index in [4.69, 9.17) is 9.53 Å². The standard InChI is InChI=1S/C24H44O4Si/c1-7-8-9-10-12-15-18-21(25)22(28-29(5,6)24(2,3)4)19-16-13-11-14-17-20-23(26)27/h8-9,12,15,22H,7,10-11,13-14,16-20H2,1-6H3,(H,26,27). The fourth-order valence-corrected chi connectivity index (χ4v) is 4.04. The lowest BCUT2D eigenvalue weighted by atomic mass is 10.0. The van der Waals surface area contributed by atoms with Gasteiger partial charge in [-0.15, -0.1) is 0 Å². The second-order valence-electron chi connectivity index (χ2n) is 9.32. The first kappa shape index (κ1) is 27.8. The smallest absolute Gasteiger partial charge is 0.303 e. The molecular formula is C24H44O4Si. The van der Waals surface area contributed by atoms with Crippen molar-refractivity contribution in [3.63, 3.8) is 0 Å². The van der Waals surface area contributed by atoms with Gasteiger partial charge in [-0.1, -0.05) is 77.7 Å². The highest BCUT2D eigenvalue weighted by Crippen LogP contribution is 2.38. The van der Waals surface area contributed by atoms with Crippen LogP contribution in [-0.4, -0.2) is 31.3 Å². The van der Waals surface area contributed by atoms with E-state index in [0.717, 1.165) is 51.4 Å². The van der Waals surface area contributed by atoms with E-state index in [1.54, 1.807) is 0 Å². The SMILES string of the molecule is CCC=CCC=CCC(=O)C(CCCCCCCC(=O)O)O[Si](C)(C)C(C)(C)C. The molecule has 1 N–H and O–H groups in total. The van der Waals surface area contributed by atoms with Gasteiger partial charge in [-0.3, -0.25) is 9.59 Å². The summed E-state index contributed by atoms with van der Waals surface area (Å²) in [6.07, 6.45) is 15.9. The average Bonchev–Trinajstić information content (AvgIpc) is 2.61. The molecule has 0 aromatic carbocycles. The number of carboxylic acid groups (broad SMARTS) is 1. The number of Topliss-reactive ketones (excluding diaryl/α,β-unsaturated/α-hetero) is 1. The first-order valence-corrected chi connectivity index (χ1v) is 14.1.